The van der Waals surface area contributed by atoms with E-state index in [1.165, 1.54) is 16.4 Å². The number of aromatic nitrogens is 2. The Balaban J connectivity index is 2.16. The zero-order chi connectivity index (χ0) is 11.7. The first-order valence-corrected chi connectivity index (χ1v) is 5.74. The van der Waals surface area contributed by atoms with Crippen LogP contribution >= 0.6 is 11.5 Å². The summed E-state index contributed by atoms with van der Waals surface area (Å²) in [6.07, 6.45) is 0.297. The smallest absolute Gasteiger partial charge is 0.232 e. The van der Waals surface area contributed by atoms with E-state index in [4.69, 9.17) is 0 Å². The molecule has 1 aromatic rings. The average Bonchev–Trinajstić information content (AvgIpc) is 2.79. The molecule has 1 aliphatic rings. The van der Waals surface area contributed by atoms with Gasteiger partial charge in [0.1, 0.15) is 10.7 Å². The highest BCUT2D eigenvalue weighted by atomic mass is 32.1. The van der Waals surface area contributed by atoms with Crippen LogP contribution < -0.4 is 5.32 Å². The maximum atomic E-state index is 11.7. The summed E-state index contributed by atoms with van der Waals surface area (Å²) in [6, 6.07) is 0. The average molecular weight is 240 g/mol. The maximum absolute atomic E-state index is 11.7. The van der Waals surface area contributed by atoms with Crippen LogP contribution in [0.5, 0.6) is 0 Å². The summed E-state index contributed by atoms with van der Waals surface area (Å²) in [5.74, 6) is -0.468. The summed E-state index contributed by atoms with van der Waals surface area (Å²) in [5, 5.41) is 7.63. The van der Waals surface area contributed by atoms with Crippen LogP contribution in [0.15, 0.2) is 0 Å². The lowest BCUT2D eigenvalue weighted by atomic mass is 10.1. The van der Waals surface area contributed by atoms with Crippen LogP contribution in [-0.4, -0.2) is 33.3 Å². The van der Waals surface area contributed by atoms with Gasteiger partial charge in [0.25, 0.3) is 0 Å². The molecule has 1 unspecified atom stereocenters. The van der Waals surface area contributed by atoms with Gasteiger partial charge in [0.15, 0.2) is 0 Å². The number of amides is 2. The van der Waals surface area contributed by atoms with Gasteiger partial charge in [-0.1, -0.05) is 11.4 Å². The van der Waals surface area contributed by atoms with Crippen LogP contribution in [0.2, 0.25) is 0 Å². The minimum Gasteiger partial charge on any atom is -0.377 e. The van der Waals surface area contributed by atoms with Crippen LogP contribution in [-0.2, 0) is 16.1 Å². The number of nitrogens with one attached hydrogen (secondary N) is 1. The molecule has 2 rings (SSSR count). The van der Waals surface area contributed by atoms with Crippen LogP contribution in [0.1, 0.15) is 19.0 Å². The Labute approximate surface area is 96.8 Å². The highest BCUT2D eigenvalue weighted by Crippen LogP contribution is 2.24. The largest absolute Gasteiger partial charge is 0.377 e. The fraction of sp³-hybridized carbons (Fsp3) is 0.556. The third kappa shape index (κ3) is 1.78. The summed E-state index contributed by atoms with van der Waals surface area (Å²) < 4.78 is 3.78. The molecule has 1 aliphatic heterocycles. The standard InChI is InChI=1S/C9H12N4O2S/c1-5-3-7(14)13(9(5)15)4-6-8(10-2)16-12-11-6/h5,10H,3-4H2,1-2H3. The van der Waals surface area contributed by atoms with Crippen molar-refractivity contribution in [2.24, 2.45) is 5.92 Å². The van der Waals surface area contributed by atoms with Crippen LogP contribution in [0, 0.1) is 5.92 Å². The van der Waals surface area contributed by atoms with Crippen molar-refractivity contribution in [2.75, 3.05) is 12.4 Å². The lowest BCUT2D eigenvalue weighted by Gasteiger charge is -2.12. The van der Waals surface area contributed by atoms with Gasteiger partial charge in [0.05, 0.1) is 6.54 Å². The number of anilines is 1. The van der Waals surface area contributed by atoms with Crippen LogP contribution in [0.3, 0.4) is 0 Å². The maximum Gasteiger partial charge on any atom is 0.232 e. The summed E-state index contributed by atoms with van der Waals surface area (Å²) in [4.78, 5) is 24.5. The SMILES string of the molecule is CNc1snnc1CN1C(=O)CC(C)C1=O. The number of rotatable bonds is 3. The summed E-state index contributed by atoms with van der Waals surface area (Å²) in [7, 11) is 1.76. The van der Waals surface area contributed by atoms with E-state index in [-0.39, 0.29) is 24.3 Å². The van der Waals surface area contributed by atoms with E-state index in [0.29, 0.717) is 12.1 Å². The second kappa shape index (κ2) is 4.17. The van der Waals surface area contributed by atoms with Gasteiger partial charge in [0.2, 0.25) is 11.8 Å². The third-order valence-corrected chi connectivity index (χ3v) is 3.35. The van der Waals surface area contributed by atoms with Gasteiger partial charge in [-0.25, -0.2) is 0 Å². The molecular weight excluding hydrogens is 228 g/mol. The number of nitrogens with zero attached hydrogens (tertiary/aromatic N) is 3. The van der Waals surface area contributed by atoms with E-state index in [0.717, 1.165) is 5.00 Å². The van der Waals surface area contributed by atoms with Gasteiger partial charge in [-0.05, 0) is 0 Å². The Bertz CT molecular complexity index is 431. The highest BCUT2D eigenvalue weighted by molar-refractivity contribution is 7.10. The Morgan fingerprint density at radius 1 is 1.56 bits per heavy atom. The van der Waals surface area contributed by atoms with Gasteiger partial charge in [-0.2, -0.15) is 0 Å². The second-order valence-corrected chi connectivity index (χ2v) is 4.48. The molecule has 6 nitrogen and oxygen atoms in total. The first-order chi connectivity index (χ1) is 7.63. The van der Waals surface area contributed by atoms with Crippen molar-refractivity contribution < 1.29 is 9.59 Å². The Hall–Kier alpha value is -1.50. The molecule has 16 heavy (non-hydrogen) atoms. The second-order valence-electron chi connectivity index (χ2n) is 3.72. The molecule has 0 aromatic carbocycles. The topological polar surface area (TPSA) is 75.2 Å². The molecule has 1 fully saturated rings. The van der Waals surface area contributed by atoms with Crippen molar-refractivity contribution in [3.63, 3.8) is 0 Å². The summed E-state index contributed by atoms with van der Waals surface area (Å²) in [6.45, 7) is 1.98. The lowest BCUT2D eigenvalue weighted by molar-refractivity contribution is -0.139. The molecule has 0 saturated carbocycles. The van der Waals surface area contributed by atoms with E-state index in [1.807, 2.05) is 0 Å². The first-order valence-electron chi connectivity index (χ1n) is 4.96. The molecule has 86 valence electrons. The quantitative estimate of drug-likeness (QED) is 0.777. The van der Waals surface area contributed by atoms with Gasteiger partial charge in [-0.15, -0.1) is 5.10 Å². The van der Waals surface area contributed by atoms with Crippen molar-refractivity contribution in [3.05, 3.63) is 5.69 Å². The van der Waals surface area contributed by atoms with Gasteiger partial charge in [-0.3, -0.25) is 14.5 Å². The van der Waals surface area contributed by atoms with Crippen molar-refractivity contribution in [1.29, 1.82) is 0 Å². The third-order valence-electron chi connectivity index (χ3n) is 2.56. The molecule has 0 radical (unpaired) electrons. The number of hydrogen-bond acceptors (Lipinski definition) is 6. The van der Waals surface area contributed by atoms with Gasteiger partial charge >= 0.3 is 0 Å². The number of hydrogen-bond donors (Lipinski definition) is 1. The molecule has 7 heteroatoms. The molecule has 0 spiro atoms. The van der Waals surface area contributed by atoms with E-state index < -0.39 is 0 Å². The van der Waals surface area contributed by atoms with Crippen LogP contribution in [0.25, 0.3) is 0 Å². The normalized spacial score (nSPS) is 20.6. The Morgan fingerprint density at radius 2 is 2.31 bits per heavy atom. The monoisotopic (exact) mass is 240 g/mol. The molecule has 2 amide bonds. The molecule has 1 atom stereocenters. The van der Waals surface area contributed by atoms with E-state index in [9.17, 15) is 9.59 Å². The van der Waals surface area contributed by atoms with Crippen molar-refractivity contribution in [1.82, 2.24) is 14.5 Å². The van der Waals surface area contributed by atoms with E-state index in [2.05, 4.69) is 14.9 Å². The predicted octanol–water partition coefficient (Wildman–Crippen LogP) is 0.475. The zero-order valence-corrected chi connectivity index (χ0v) is 9.87. The van der Waals surface area contributed by atoms with E-state index in [1.54, 1.807) is 14.0 Å². The number of likely N-dealkylation sites (tertiary alicyclic amines) is 1. The molecule has 1 N–H and O–H groups in total. The number of carbonyl (C=O) groups is 2. The minimum atomic E-state index is -0.211. The van der Waals surface area contributed by atoms with Crippen molar-refractivity contribution in [3.8, 4) is 0 Å². The Kier molecular flexibility index (Phi) is 2.86. The number of carbonyl (C=O) groups excluding carboxylic acids is 2. The highest BCUT2D eigenvalue weighted by Gasteiger charge is 2.36. The Morgan fingerprint density at radius 3 is 2.88 bits per heavy atom. The van der Waals surface area contributed by atoms with Gasteiger partial charge < -0.3 is 5.32 Å². The zero-order valence-electron chi connectivity index (χ0n) is 9.06. The first kappa shape index (κ1) is 11.0. The molecular formula is C9H12N4O2S. The summed E-state index contributed by atoms with van der Waals surface area (Å²) in [5.41, 5.74) is 0.642. The lowest BCUT2D eigenvalue weighted by Crippen LogP contribution is -2.30. The van der Waals surface area contributed by atoms with Crippen LogP contribution in [0.4, 0.5) is 5.00 Å². The van der Waals surface area contributed by atoms with E-state index >= 15 is 0 Å². The molecule has 0 aliphatic carbocycles. The molecule has 1 saturated heterocycles. The summed E-state index contributed by atoms with van der Waals surface area (Å²) >= 11 is 1.21. The molecule has 1 aromatic heterocycles. The van der Waals surface area contributed by atoms with Gasteiger partial charge in [0, 0.05) is 30.9 Å². The van der Waals surface area contributed by atoms with Crippen molar-refractivity contribution in [2.45, 2.75) is 19.9 Å². The fourth-order valence-corrected chi connectivity index (χ4v) is 2.19. The molecule has 0 bridgehead atoms. The molecule has 2 heterocycles. The minimum absolute atomic E-state index is 0.125. The predicted molar refractivity (Wildman–Crippen MR) is 58.8 cm³/mol. The fourth-order valence-electron chi connectivity index (χ4n) is 1.67. The van der Waals surface area contributed by atoms with Crippen molar-refractivity contribution >= 4 is 28.3 Å². The number of imide groups is 1.